The molecule has 1 aromatic rings. The molecule has 27 heavy (non-hydrogen) atoms. The number of carbonyl (C=O) groups excluding carboxylic acids is 3. The summed E-state index contributed by atoms with van der Waals surface area (Å²) in [4.78, 5) is 42.3. The van der Waals surface area contributed by atoms with Crippen molar-refractivity contribution in [1.29, 1.82) is 0 Å². The number of nitrogens with zero attached hydrogens (tertiary/aromatic N) is 3. The van der Waals surface area contributed by atoms with E-state index in [1.54, 1.807) is 4.90 Å². The molecule has 3 rings (SSSR count). The molecule has 1 atom stereocenters. The average Bonchev–Trinajstić information content (AvgIpc) is 2.72. The maximum absolute atomic E-state index is 12.9. The number of carbonyl (C=O) groups is 3. The molecule has 0 aromatic heterocycles. The normalized spacial score (nSPS) is 20.6. The van der Waals surface area contributed by atoms with Crippen LogP contribution in [0.1, 0.15) is 24.8 Å². The molecular formula is C20H27N3O4. The van der Waals surface area contributed by atoms with Gasteiger partial charge in [0.05, 0.1) is 13.7 Å². The maximum Gasteiger partial charge on any atom is 0.410 e. The predicted molar refractivity (Wildman–Crippen MR) is 100 cm³/mol. The van der Waals surface area contributed by atoms with E-state index >= 15 is 0 Å². The first-order valence-corrected chi connectivity index (χ1v) is 9.55. The first-order chi connectivity index (χ1) is 13.1. The summed E-state index contributed by atoms with van der Waals surface area (Å²) in [6, 6.07) is 9.54. The quantitative estimate of drug-likeness (QED) is 0.802. The Hall–Kier alpha value is -2.57. The summed E-state index contributed by atoms with van der Waals surface area (Å²) >= 11 is 0. The van der Waals surface area contributed by atoms with Gasteiger partial charge in [-0.2, -0.15) is 0 Å². The number of methoxy groups -OCH3 is 1. The zero-order chi connectivity index (χ0) is 19.2. The van der Waals surface area contributed by atoms with Gasteiger partial charge in [-0.1, -0.05) is 30.3 Å². The molecular weight excluding hydrogens is 346 g/mol. The van der Waals surface area contributed by atoms with Gasteiger partial charge in [0.25, 0.3) is 0 Å². The van der Waals surface area contributed by atoms with Gasteiger partial charge in [-0.15, -0.1) is 0 Å². The molecule has 2 heterocycles. The molecule has 0 N–H and O–H groups in total. The largest absolute Gasteiger partial charge is 0.453 e. The zero-order valence-corrected chi connectivity index (χ0v) is 15.8. The molecule has 0 unspecified atom stereocenters. The molecule has 0 saturated carbocycles. The molecule has 0 bridgehead atoms. The first-order valence-electron chi connectivity index (χ1n) is 9.55. The molecule has 146 valence electrons. The van der Waals surface area contributed by atoms with Crippen LogP contribution in [0.3, 0.4) is 0 Å². The van der Waals surface area contributed by atoms with Crippen LogP contribution in [0.5, 0.6) is 0 Å². The number of piperazine rings is 1. The number of hydrogen-bond donors (Lipinski definition) is 0. The van der Waals surface area contributed by atoms with Crippen LogP contribution in [0.15, 0.2) is 30.3 Å². The van der Waals surface area contributed by atoms with Crippen LogP contribution in [-0.2, 0) is 20.7 Å². The van der Waals surface area contributed by atoms with Crippen LogP contribution in [0.25, 0.3) is 0 Å². The van der Waals surface area contributed by atoms with E-state index < -0.39 is 12.1 Å². The molecule has 2 saturated heterocycles. The smallest absolute Gasteiger partial charge is 0.410 e. The molecule has 1 aromatic carbocycles. The highest BCUT2D eigenvalue weighted by Crippen LogP contribution is 2.21. The van der Waals surface area contributed by atoms with Gasteiger partial charge in [-0.3, -0.25) is 14.5 Å². The second-order valence-electron chi connectivity index (χ2n) is 7.05. The average molecular weight is 373 g/mol. The zero-order valence-electron chi connectivity index (χ0n) is 15.8. The summed E-state index contributed by atoms with van der Waals surface area (Å²) in [5.74, 6) is -0.179. The number of likely N-dealkylation sites (tertiary alicyclic amines) is 1. The summed E-state index contributed by atoms with van der Waals surface area (Å²) in [6.45, 7) is 2.29. The van der Waals surface area contributed by atoms with E-state index in [4.69, 9.17) is 4.74 Å². The van der Waals surface area contributed by atoms with E-state index in [-0.39, 0.29) is 18.4 Å². The van der Waals surface area contributed by atoms with Crippen molar-refractivity contribution in [2.45, 2.75) is 31.7 Å². The standard InChI is InChI=1S/C20H27N3O4/c1-27-20(26)23-11-6-5-9-17(23)19(25)22-14-13-21(18(24)15-22)12-10-16-7-3-2-4-8-16/h2-4,7-8,17H,5-6,9-15H2,1H3/t17-/m0/s1. The minimum Gasteiger partial charge on any atom is -0.453 e. The van der Waals surface area contributed by atoms with E-state index in [9.17, 15) is 14.4 Å². The van der Waals surface area contributed by atoms with Crippen LogP contribution in [0, 0.1) is 0 Å². The van der Waals surface area contributed by atoms with Gasteiger partial charge in [0.2, 0.25) is 11.8 Å². The lowest BCUT2D eigenvalue weighted by molar-refractivity contribution is -0.148. The summed E-state index contributed by atoms with van der Waals surface area (Å²) in [7, 11) is 1.33. The summed E-state index contributed by atoms with van der Waals surface area (Å²) in [5, 5.41) is 0. The fourth-order valence-corrected chi connectivity index (χ4v) is 3.78. The Kier molecular flexibility index (Phi) is 6.32. The van der Waals surface area contributed by atoms with Crippen molar-refractivity contribution >= 4 is 17.9 Å². The number of rotatable bonds is 4. The van der Waals surface area contributed by atoms with E-state index in [0.717, 1.165) is 19.3 Å². The van der Waals surface area contributed by atoms with E-state index in [1.165, 1.54) is 17.6 Å². The van der Waals surface area contributed by atoms with Gasteiger partial charge in [-0.05, 0) is 31.2 Å². The van der Waals surface area contributed by atoms with Crippen LogP contribution >= 0.6 is 0 Å². The van der Waals surface area contributed by atoms with Crippen molar-refractivity contribution in [2.24, 2.45) is 0 Å². The number of piperidine rings is 1. The van der Waals surface area contributed by atoms with Crippen molar-refractivity contribution in [3.63, 3.8) is 0 Å². The molecule has 2 fully saturated rings. The Morgan fingerprint density at radius 1 is 1.11 bits per heavy atom. The monoisotopic (exact) mass is 373 g/mol. The van der Waals surface area contributed by atoms with Crippen molar-refractivity contribution < 1.29 is 19.1 Å². The highest BCUT2D eigenvalue weighted by Gasteiger charge is 2.37. The Bertz CT molecular complexity index is 679. The van der Waals surface area contributed by atoms with Crippen molar-refractivity contribution in [1.82, 2.24) is 14.7 Å². The third kappa shape index (κ3) is 4.59. The van der Waals surface area contributed by atoms with E-state index in [0.29, 0.717) is 32.6 Å². The maximum atomic E-state index is 12.9. The molecule has 0 aliphatic carbocycles. The molecule has 3 amide bonds. The highest BCUT2D eigenvalue weighted by atomic mass is 16.5. The number of ether oxygens (including phenoxy) is 1. The van der Waals surface area contributed by atoms with Gasteiger partial charge >= 0.3 is 6.09 Å². The summed E-state index contributed by atoms with van der Waals surface area (Å²) in [5.41, 5.74) is 1.19. The first kappa shape index (κ1) is 19.2. The third-order valence-corrected chi connectivity index (χ3v) is 5.34. The lowest BCUT2D eigenvalue weighted by Gasteiger charge is -2.39. The SMILES string of the molecule is COC(=O)N1CCCC[C@H]1C(=O)N1CCN(CCc2ccccc2)C(=O)C1. The Labute approximate surface area is 159 Å². The van der Waals surface area contributed by atoms with Crippen molar-refractivity contribution in [3.8, 4) is 0 Å². The Balaban J connectivity index is 1.55. The Morgan fingerprint density at radius 3 is 2.59 bits per heavy atom. The van der Waals surface area contributed by atoms with Crippen molar-refractivity contribution in [2.75, 3.05) is 39.8 Å². The van der Waals surface area contributed by atoms with Crippen LogP contribution < -0.4 is 0 Å². The van der Waals surface area contributed by atoms with E-state index in [1.807, 2.05) is 23.1 Å². The van der Waals surface area contributed by atoms with Crippen molar-refractivity contribution in [3.05, 3.63) is 35.9 Å². The van der Waals surface area contributed by atoms with Gasteiger partial charge in [-0.25, -0.2) is 4.79 Å². The molecule has 0 spiro atoms. The topological polar surface area (TPSA) is 70.2 Å². The van der Waals surface area contributed by atoms with Gasteiger partial charge in [0, 0.05) is 26.2 Å². The summed E-state index contributed by atoms with van der Waals surface area (Å²) < 4.78 is 4.81. The fraction of sp³-hybridized carbons (Fsp3) is 0.550. The Morgan fingerprint density at radius 2 is 1.89 bits per heavy atom. The molecule has 2 aliphatic rings. The number of hydrogen-bond acceptors (Lipinski definition) is 4. The lowest BCUT2D eigenvalue weighted by atomic mass is 10.0. The minimum absolute atomic E-state index is 0.0361. The molecule has 0 radical (unpaired) electrons. The molecule has 2 aliphatic heterocycles. The van der Waals surface area contributed by atoms with Gasteiger partial charge in [0.1, 0.15) is 6.04 Å². The molecule has 7 nitrogen and oxygen atoms in total. The summed E-state index contributed by atoms with van der Waals surface area (Å²) in [6.07, 6.45) is 2.72. The molecule has 7 heteroatoms. The number of benzene rings is 1. The number of amides is 3. The fourth-order valence-electron chi connectivity index (χ4n) is 3.78. The van der Waals surface area contributed by atoms with Crippen LogP contribution in [0.2, 0.25) is 0 Å². The second kappa shape index (κ2) is 8.88. The predicted octanol–water partition coefficient (Wildman–Crippen LogP) is 1.52. The third-order valence-electron chi connectivity index (χ3n) is 5.34. The second-order valence-corrected chi connectivity index (χ2v) is 7.05. The van der Waals surface area contributed by atoms with Crippen LogP contribution in [0.4, 0.5) is 4.79 Å². The highest BCUT2D eigenvalue weighted by molar-refractivity contribution is 5.90. The van der Waals surface area contributed by atoms with E-state index in [2.05, 4.69) is 12.1 Å². The van der Waals surface area contributed by atoms with Gasteiger partial charge < -0.3 is 14.5 Å². The lowest BCUT2D eigenvalue weighted by Crippen LogP contribution is -2.58. The van der Waals surface area contributed by atoms with Crippen LogP contribution in [-0.4, -0.2) is 78.5 Å². The van der Waals surface area contributed by atoms with Gasteiger partial charge in [0.15, 0.2) is 0 Å². The minimum atomic E-state index is -0.519.